The molecule has 0 saturated heterocycles. The summed E-state index contributed by atoms with van der Waals surface area (Å²) in [5.41, 5.74) is 10.0. The minimum Gasteiger partial charge on any atom is -0.382 e. The number of carbonyl (C=O) groups is 1. The molecule has 9 nitrogen and oxygen atoms in total. The van der Waals surface area contributed by atoms with Crippen molar-refractivity contribution in [1.82, 2.24) is 35.3 Å². The Kier molecular flexibility index (Phi) is 4.75. The van der Waals surface area contributed by atoms with Gasteiger partial charge in [-0.25, -0.2) is 4.98 Å². The minimum atomic E-state index is -0.182. The lowest BCUT2D eigenvalue weighted by atomic mass is 10.1. The van der Waals surface area contributed by atoms with E-state index in [2.05, 4.69) is 30.6 Å². The van der Waals surface area contributed by atoms with Gasteiger partial charge in [0.1, 0.15) is 11.2 Å². The van der Waals surface area contributed by atoms with Crippen molar-refractivity contribution in [2.45, 2.75) is 13.0 Å². The van der Waals surface area contributed by atoms with Crippen LogP contribution < -0.4 is 11.1 Å². The summed E-state index contributed by atoms with van der Waals surface area (Å²) < 4.78 is 1.85. The molecule has 4 aromatic heterocycles. The van der Waals surface area contributed by atoms with Crippen molar-refractivity contribution in [1.29, 1.82) is 0 Å². The average molecular weight is 412 g/mol. The Bertz CT molecular complexity index is 1360. The lowest BCUT2D eigenvalue weighted by Crippen LogP contribution is -2.26. The molecule has 1 aromatic carbocycles. The van der Waals surface area contributed by atoms with Gasteiger partial charge in [0.05, 0.1) is 11.2 Å². The number of carbonyl (C=O) groups excluding carboxylic acids is 1. The van der Waals surface area contributed by atoms with Gasteiger partial charge in [0.15, 0.2) is 5.82 Å². The van der Waals surface area contributed by atoms with Gasteiger partial charge in [0.2, 0.25) is 0 Å². The number of nitrogens with zero attached hydrogens (tertiary/aromatic N) is 5. The van der Waals surface area contributed by atoms with Crippen molar-refractivity contribution < 1.29 is 4.79 Å². The molecule has 0 aliphatic rings. The van der Waals surface area contributed by atoms with Gasteiger partial charge < -0.3 is 11.1 Å². The highest BCUT2D eigenvalue weighted by molar-refractivity contribution is 6.08. The summed E-state index contributed by atoms with van der Waals surface area (Å²) in [6, 6.07) is 13.2. The number of pyridine rings is 2. The molecule has 0 aliphatic heterocycles. The molecule has 0 fully saturated rings. The number of benzene rings is 1. The second kappa shape index (κ2) is 7.86. The number of H-pyrrole nitrogens is 1. The van der Waals surface area contributed by atoms with Gasteiger partial charge in [-0.3, -0.25) is 19.6 Å². The number of fused-ring (bicyclic) bond motifs is 3. The molecule has 1 amide bonds. The van der Waals surface area contributed by atoms with E-state index in [1.54, 1.807) is 30.6 Å². The van der Waals surface area contributed by atoms with Crippen molar-refractivity contribution in [3.8, 4) is 11.3 Å². The third-order valence-corrected chi connectivity index (χ3v) is 5.09. The van der Waals surface area contributed by atoms with Crippen LogP contribution in [-0.4, -0.2) is 42.4 Å². The van der Waals surface area contributed by atoms with Crippen molar-refractivity contribution in [2.75, 3.05) is 12.3 Å². The topological polar surface area (TPSA) is 127 Å². The Morgan fingerprint density at radius 3 is 2.87 bits per heavy atom. The highest BCUT2D eigenvalue weighted by Gasteiger charge is 2.12. The predicted octanol–water partition coefficient (Wildman–Crippen LogP) is 2.77. The van der Waals surface area contributed by atoms with E-state index in [1.165, 1.54) is 0 Å². The molecule has 4 N–H and O–H groups in total. The summed E-state index contributed by atoms with van der Waals surface area (Å²) in [5.74, 6) is 0.213. The fourth-order valence-corrected chi connectivity index (χ4v) is 3.57. The third kappa shape index (κ3) is 3.68. The van der Waals surface area contributed by atoms with E-state index in [0.717, 1.165) is 34.0 Å². The fraction of sp³-hybridized carbons (Fsp3) is 0.136. The van der Waals surface area contributed by atoms with E-state index in [0.29, 0.717) is 30.1 Å². The number of nitrogens with two attached hydrogens (primary N) is 1. The summed E-state index contributed by atoms with van der Waals surface area (Å²) in [6.45, 7) is 1.16. The smallest absolute Gasteiger partial charge is 0.269 e. The molecule has 4 heterocycles. The fourth-order valence-electron chi connectivity index (χ4n) is 3.57. The maximum absolute atomic E-state index is 12.1. The van der Waals surface area contributed by atoms with E-state index in [1.807, 2.05) is 35.1 Å². The molecular formula is C22H20N8O. The zero-order valence-electron chi connectivity index (χ0n) is 16.6. The average Bonchev–Trinajstić information content (AvgIpc) is 3.48. The Morgan fingerprint density at radius 1 is 1.13 bits per heavy atom. The van der Waals surface area contributed by atoms with Gasteiger partial charge in [0.25, 0.3) is 5.91 Å². The molecule has 0 bridgehead atoms. The van der Waals surface area contributed by atoms with Crippen LogP contribution in [0.15, 0.2) is 61.1 Å². The van der Waals surface area contributed by atoms with Crippen LogP contribution in [0.5, 0.6) is 0 Å². The van der Waals surface area contributed by atoms with Gasteiger partial charge in [-0.2, -0.15) is 10.2 Å². The normalized spacial score (nSPS) is 11.2. The Hall–Kier alpha value is -4.27. The lowest BCUT2D eigenvalue weighted by molar-refractivity contribution is 0.0947. The van der Waals surface area contributed by atoms with Crippen LogP contribution in [0.3, 0.4) is 0 Å². The molecule has 154 valence electrons. The maximum atomic E-state index is 12.1. The minimum absolute atomic E-state index is 0.182. The van der Waals surface area contributed by atoms with Gasteiger partial charge in [-0.15, -0.1) is 0 Å². The van der Waals surface area contributed by atoms with Gasteiger partial charge >= 0.3 is 0 Å². The quantitative estimate of drug-likeness (QED) is 0.368. The monoisotopic (exact) mass is 412 g/mol. The number of nitrogen functional groups attached to an aromatic ring is 1. The molecule has 5 aromatic rings. The lowest BCUT2D eigenvalue weighted by Gasteiger charge is -2.04. The van der Waals surface area contributed by atoms with Crippen molar-refractivity contribution >= 4 is 33.5 Å². The highest BCUT2D eigenvalue weighted by Crippen LogP contribution is 2.29. The summed E-state index contributed by atoms with van der Waals surface area (Å²) in [5, 5.41) is 16.4. The maximum Gasteiger partial charge on any atom is 0.269 e. The first-order valence-corrected chi connectivity index (χ1v) is 9.94. The Morgan fingerprint density at radius 2 is 2.06 bits per heavy atom. The third-order valence-electron chi connectivity index (χ3n) is 5.09. The number of hydrogen-bond donors (Lipinski definition) is 3. The van der Waals surface area contributed by atoms with Crippen LogP contribution in [0, 0.1) is 0 Å². The van der Waals surface area contributed by atoms with E-state index < -0.39 is 0 Å². The van der Waals surface area contributed by atoms with E-state index in [4.69, 9.17) is 5.73 Å². The zero-order valence-corrected chi connectivity index (χ0v) is 16.6. The van der Waals surface area contributed by atoms with Crippen LogP contribution in [0.1, 0.15) is 16.9 Å². The van der Waals surface area contributed by atoms with Gasteiger partial charge in [-0.1, -0.05) is 18.2 Å². The number of amides is 1. The van der Waals surface area contributed by atoms with Crippen LogP contribution in [0.25, 0.3) is 33.1 Å². The predicted molar refractivity (Wildman–Crippen MR) is 118 cm³/mol. The van der Waals surface area contributed by atoms with Crippen molar-refractivity contribution in [3.63, 3.8) is 0 Å². The summed E-state index contributed by atoms with van der Waals surface area (Å²) in [4.78, 5) is 20.7. The van der Waals surface area contributed by atoms with Gasteiger partial charge in [0, 0.05) is 48.0 Å². The van der Waals surface area contributed by atoms with Crippen molar-refractivity contribution in [2.24, 2.45) is 0 Å². The van der Waals surface area contributed by atoms with E-state index in [-0.39, 0.29) is 5.91 Å². The standard InChI is InChI=1S/C22H20N8O/c23-21-20-16(15-6-5-14(12-19(15)27-21)17-7-10-26-28-17)13-30(29-20)11-3-9-25-22(31)18-4-1-2-8-24-18/h1-2,4-8,10,12-13H,3,9,11H2,(H2,23,27)(H,25,31)(H,26,28). The molecule has 5 rings (SSSR count). The number of rotatable bonds is 6. The molecule has 0 unspecified atom stereocenters. The highest BCUT2D eigenvalue weighted by atomic mass is 16.1. The molecule has 0 spiro atoms. The molecule has 0 aliphatic carbocycles. The number of nitrogens with one attached hydrogen (secondary N) is 2. The molecule has 0 saturated carbocycles. The molecule has 31 heavy (non-hydrogen) atoms. The number of hydrogen-bond acceptors (Lipinski definition) is 6. The number of anilines is 1. The first-order valence-electron chi connectivity index (χ1n) is 9.94. The summed E-state index contributed by atoms with van der Waals surface area (Å²) >= 11 is 0. The molecule has 0 radical (unpaired) electrons. The van der Waals surface area contributed by atoms with E-state index in [9.17, 15) is 4.79 Å². The SMILES string of the molecule is Nc1nc2cc(-c3ccn[nH]3)ccc2c2cn(CCCNC(=O)c3ccccn3)nc12. The van der Waals surface area contributed by atoms with Crippen LogP contribution in [0.2, 0.25) is 0 Å². The van der Waals surface area contributed by atoms with Gasteiger partial charge in [-0.05, 0) is 30.7 Å². The Balaban J connectivity index is 1.33. The molecular weight excluding hydrogens is 392 g/mol. The summed E-state index contributed by atoms with van der Waals surface area (Å²) in [6.07, 6.45) is 6.02. The first kappa shape index (κ1) is 18.7. The van der Waals surface area contributed by atoms with E-state index >= 15 is 0 Å². The van der Waals surface area contributed by atoms with Crippen LogP contribution >= 0.6 is 0 Å². The number of aryl methyl sites for hydroxylation is 1. The van der Waals surface area contributed by atoms with Crippen molar-refractivity contribution in [3.05, 3.63) is 66.7 Å². The van der Waals surface area contributed by atoms with Crippen LogP contribution in [-0.2, 0) is 6.54 Å². The first-order chi connectivity index (χ1) is 15.2. The largest absolute Gasteiger partial charge is 0.382 e. The summed E-state index contributed by atoms with van der Waals surface area (Å²) in [7, 11) is 0. The second-order valence-electron chi connectivity index (χ2n) is 7.18. The number of aromatic amines is 1. The van der Waals surface area contributed by atoms with Crippen LogP contribution in [0.4, 0.5) is 5.82 Å². The zero-order chi connectivity index (χ0) is 21.2. The molecule has 0 atom stereocenters. The molecule has 9 heteroatoms. The second-order valence-corrected chi connectivity index (χ2v) is 7.18. The number of aromatic nitrogens is 6. The Labute approximate surface area is 177 Å².